The van der Waals surface area contributed by atoms with E-state index in [4.69, 9.17) is 12.2 Å². The molecular weight excluding hydrogens is 514 g/mol. The summed E-state index contributed by atoms with van der Waals surface area (Å²) >= 11 is 5.86. The number of fused-ring (bicyclic) bond motifs is 1. The van der Waals surface area contributed by atoms with Gasteiger partial charge in [-0.2, -0.15) is 0 Å². The largest absolute Gasteiger partial charge is 0.352 e. The third-order valence-corrected chi connectivity index (χ3v) is 8.05. The lowest BCUT2D eigenvalue weighted by Gasteiger charge is -2.29. The van der Waals surface area contributed by atoms with Crippen LogP contribution in [0.1, 0.15) is 41.0 Å². The van der Waals surface area contributed by atoms with Crippen LogP contribution in [0.2, 0.25) is 0 Å². The summed E-state index contributed by atoms with van der Waals surface area (Å²) in [6, 6.07) is 30.3. The molecule has 0 saturated carbocycles. The number of thiocarbonyl (C=S) groups is 1. The van der Waals surface area contributed by atoms with E-state index in [1.165, 1.54) is 11.1 Å². The lowest BCUT2D eigenvalue weighted by atomic mass is 10.0. The highest BCUT2D eigenvalue weighted by Crippen LogP contribution is 2.39. The summed E-state index contributed by atoms with van der Waals surface area (Å²) in [6.45, 7) is 4.72. The van der Waals surface area contributed by atoms with Crippen molar-refractivity contribution in [2.45, 2.75) is 32.4 Å². The first-order valence-electron chi connectivity index (χ1n) is 13.5. The Morgan fingerprint density at radius 3 is 2.60 bits per heavy atom. The minimum absolute atomic E-state index is 0.0521. The van der Waals surface area contributed by atoms with Gasteiger partial charge in [-0.05, 0) is 85.0 Å². The van der Waals surface area contributed by atoms with Crippen molar-refractivity contribution in [2.75, 3.05) is 11.9 Å². The number of benzene rings is 3. The van der Waals surface area contributed by atoms with Gasteiger partial charge in [-0.25, -0.2) is 0 Å². The molecule has 6 nitrogen and oxygen atoms in total. The first-order valence-corrected chi connectivity index (χ1v) is 13.9. The summed E-state index contributed by atoms with van der Waals surface area (Å²) in [7, 11) is 0. The van der Waals surface area contributed by atoms with Crippen molar-refractivity contribution < 1.29 is 4.79 Å². The molecule has 1 aliphatic rings. The van der Waals surface area contributed by atoms with Crippen LogP contribution in [-0.2, 0) is 4.79 Å². The van der Waals surface area contributed by atoms with Gasteiger partial charge in [-0.1, -0.05) is 48.5 Å². The molecule has 0 radical (unpaired) electrons. The number of hydrogen-bond acceptors (Lipinski definition) is 3. The Labute approximate surface area is 239 Å². The number of pyridine rings is 1. The topological polar surface area (TPSA) is 62.2 Å². The molecule has 2 atom stereocenters. The van der Waals surface area contributed by atoms with Gasteiger partial charge in [0.1, 0.15) is 0 Å². The van der Waals surface area contributed by atoms with Gasteiger partial charge in [-0.3, -0.25) is 9.78 Å². The van der Waals surface area contributed by atoms with Crippen molar-refractivity contribution in [3.63, 3.8) is 0 Å². The maximum Gasteiger partial charge on any atom is 0.226 e. The lowest BCUT2D eigenvalue weighted by molar-refractivity contribution is -0.116. The van der Waals surface area contributed by atoms with E-state index in [1.807, 2.05) is 60.7 Å². The summed E-state index contributed by atoms with van der Waals surface area (Å²) in [5.41, 5.74) is 6.39. The average molecular weight is 546 g/mol. The fraction of sp³-hybridized carbons (Fsp3) is 0.182. The normalized spacial score (nSPS) is 16.8. The first kappa shape index (κ1) is 25.8. The van der Waals surface area contributed by atoms with Crippen molar-refractivity contribution in [3.05, 3.63) is 126 Å². The van der Waals surface area contributed by atoms with Gasteiger partial charge in [0.15, 0.2) is 5.11 Å². The third-order valence-electron chi connectivity index (χ3n) is 7.69. The van der Waals surface area contributed by atoms with E-state index < -0.39 is 0 Å². The Hall–Kier alpha value is -4.49. The zero-order valence-electron chi connectivity index (χ0n) is 22.5. The van der Waals surface area contributed by atoms with Crippen LogP contribution in [0.25, 0.3) is 16.5 Å². The molecule has 200 valence electrons. The molecular formula is C33H31N5OS. The fourth-order valence-electron chi connectivity index (χ4n) is 5.48. The predicted molar refractivity (Wildman–Crippen MR) is 165 cm³/mol. The molecule has 0 spiro atoms. The Morgan fingerprint density at radius 2 is 1.77 bits per heavy atom. The number of carbonyl (C=O) groups is 1. The molecule has 1 aliphatic heterocycles. The highest BCUT2D eigenvalue weighted by molar-refractivity contribution is 7.80. The van der Waals surface area contributed by atoms with Gasteiger partial charge < -0.3 is 20.1 Å². The van der Waals surface area contributed by atoms with Gasteiger partial charge in [0.2, 0.25) is 5.91 Å². The standard InChI is InChI=1S/C33H31N5OS/c1-22-15-16-25(21-23(22)2)37-19-8-14-29(37)32-31(28-12-5-6-18-34-28)36-33(40)38(32)20-17-30(39)35-27-13-7-10-24-9-3-4-11-26(24)27/h3-16,18-19,21,31-32H,17,20H2,1-2H3,(H,35,39)(H,36,40). The van der Waals surface area contributed by atoms with Crippen molar-refractivity contribution >= 4 is 39.7 Å². The smallest absolute Gasteiger partial charge is 0.226 e. The predicted octanol–water partition coefficient (Wildman–Crippen LogP) is 6.64. The molecule has 5 aromatic rings. The molecule has 3 heterocycles. The average Bonchev–Trinajstić information content (AvgIpc) is 3.58. The Balaban J connectivity index is 1.30. The van der Waals surface area contributed by atoms with E-state index in [-0.39, 0.29) is 18.0 Å². The number of hydrogen-bond donors (Lipinski definition) is 2. The van der Waals surface area contributed by atoms with Crippen LogP contribution in [0, 0.1) is 13.8 Å². The first-order chi connectivity index (χ1) is 19.5. The molecule has 0 bridgehead atoms. The zero-order chi connectivity index (χ0) is 27.6. The van der Waals surface area contributed by atoms with Crippen molar-refractivity contribution in [1.29, 1.82) is 0 Å². The molecule has 2 aromatic heterocycles. The van der Waals surface area contributed by atoms with E-state index in [2.05, 4.69) is 75.5 Å². The number of nitrogens with zero attached hydrogens (tertiary/aromatic N) is 3. The minimum Gasteiger partial charge on any atom is -0.352 e. The molecule has 40 heavy (non-hydrogen) atoms. The van der Waals surface area contributed by atoms with Gasteiger partial charge in [-0.15, -0.1) is 0 Å². The number of amides is 1. The highest BCUT2D eigenvalue weighted by atomic mass is 32.1. The van der Waals surface area contributed by atoms with Gasteiger partial charge in [0, 0.05) is 47.8 Å². The molecule has 2 unspecified atom stereocenters. The molecule has 1 saturated heterocycles. The number of carbonyl (C=O) groups excluding carboxylic acids is 1. The van der Waals surface area contributed by atoms with Crippen molar-refractivity contribution in [3.8, 4) is 5.69 Å². The zero-order valence-corrected chi connectivity index (χ0v) is 23.4. The molecule has 1 amide bonds. The van der Waals surface area contributed by atoms with Crippen molar-refractivity contribution in [1.82, 2.24) is 19.8 Å². The molecule has 7 heteroatoms. The molecule has 2 N–H and O–H groups in total. The summed E-state index contributed by atoms with van der Waals surface area (Å²) in [6.07, 6.45) is 4.18. The van der Waals surface area contributed by atoms with Crippen molar-refractivity contribution in [2.24, 2.45) is 0 Å². The summed E-state index contributed by atoms with van der Waals surface area (Å²) in [4.78, 5) is 20.0. The summed E-state index contributed by atoms with van der Waals surface area (Å²) in [5.74, 6) is -0.0521. The monoisotopic (exact) mass is 545 g/mol. The van der Waals surface area contributed by atoms with Crippen LogP contribution in [0.4, 0.5) is 5.69 Å². The number of rotatable bonds is 7. The highest BCUT2D eigenvalue weighted by Gasteiger charge is 2.41. The van der Waals surface area contributed by atoms with E-state index in [0.29, 0.717) is 18.1 Å². The van der Waals surface area contributed by atoms with E-state index >= 15 is 0 Å². The van der Waals surface area contributed by atoms with Crippen LogP contribution in [0.3, 0.4) is 0 Å². The van der Waals surface area contributed by atoms with E-state index in [0.717, 1.165) is 33.5 Å². The van der Waals surface area contributed by atoms with Crippen LogP contribution in [0.5, 0.6) is 0 Å². The molecule has 6 rings (SSSR count). The number of aromatic nitrogens is 2. The maximum absolute atomic E-state index is 13.2. The quantitative estimate of drug-likeness (QED) is 0.225. The van der Waals surface area contributed by atoms with Crippen LogP contribution < -0.4 is 10.6 Å². The second-order valence-electron chi connectivity index (χ2n) is 10.2. The number of aryl methyl sites for hydroxylation is 2. The molecule has 3 aromatic carbocycles. The summed E-state index contributed by atoms with van der Waals surface area (Å²) in [5, 5.41) is 9.36. The van der Waals surface area contributed by atoms with Crippen LogP contribution >= 0.6 is 12.2 Å². The number of anilines is 1. The maximum atomic E-state index is 13.2. The molecule has 1 fully saturated rings. The minimum atomic E-state index is -0.157. The Morgan fingerprint density at radius 1 is 0.950 bits per heavy atom. The van der Waals surface area contributed by atoms with Gasteiger partial charge >= 0.3 is 0 Å². The second kappa shape index (κ2) is 10.9. The number of nitrogens with one attached hydrogen (secondary N) is 2. The van der Waals surface area contributed by atoms with E-state index in [1.54, 1.807) is 6.20 Å². The van der Waals surface area contributed by atoms with Crippen LogP contribution in [0.15, 0.2) is 103 Å². The molecule has 0 aliphatic carbocycles. The van der Waals surface area contributed by atoms with Crippen LogP contribution in [-0.4, -0.2) is 32.0 Å². The fourth-order valence-corrected chi connectivity index (χ4v) is 5.81. The van der Waals surface area contributed by atoms with E-state index in [9.17, 15) is 4.79 Å². The lowest BCUT2D eigenvalue weighted by Crippen LogP contribution is -2.33. The van der Waals surface area contributed by atoms with Gasteiger partial charge in [0.25, 0.3) is 0 Å². The second-order valence-corrected chi connectivity index (χ2v) is 10.6. The Bertz CT molecular complexity index is 1690. The summed E-state index contributed by atoms with van der Waals surface area (Å²) < 4.78 is 2.21. The van der Waals surface area contributed by atoms with Gasteiger partial charge in [0.05, 0.1) is 17.8 Å². The Kier molecular flexibility index (Phi) is 7.05. The third kappa shape index (κ3) is 4.96. The SMILES string of the molecule is Cc1ccc(-n2cccc2C2C(c3ccccn3)NC(=S)N2CCC(=O)Nc2cccc3ccccc23)cc1C.